The third kappa shape index (κ3) is 4.34. The number of rotatable bonds is 5. The second-order valence-electron chi connectivity index (χ2n) is 5.48. The summed E-state index contributed by atoms with van der Waals surface area (Å²) in [5.41, 5.74) is -0.624. The van der Waals surface area contributed by atoms with Gasteiger partial charge in [0, 0.05) is 26.0 Å². The van der Waals surface area contributed by atoms with Gasteiger partial charge in [-0.2, -0.15) is 18.3 Å². The molecule has 0 spiro atoms. The fourth-order valence-electron chi connectivity index (χ4n) is 2.41. The molecule has 0 saturated heterocycles. The van der Waals surface area contributed by atoms with E-state index in [0.717, 1.165) is 6.07 Å². The molecule has 1 heterocycles. The van der Waals surface area contributed by atoms with Crippen molar-refractivity contribution in [2.24, 2.45) is 5.92 Å². The van der Waals surface area contributed by atoms with Crippen LogP contribution in [0.3, 0.4) is 0 Å². The van der Waals surface area contributed by atoms with E-state index in [9.17, 15) is 18.0 Å². The summed E-state index contributed by atoms with van der Waals surface area (Å²) in [6.07, 6.45) is -1.08. The van der Waals surface area contributed by atoms with Crippen LogP contribution >= 0.6 is 0 Å². The average molecular weight is 325 g/mol. The van der Waals surface area contributed by atoms with E-state index in [0.29, 0.717) is 6.54 Å². The topological polar surface area (TPSA) is 38.1 Å². The largest absolute Gasteiger partial charge is 0.416 e. The molecule has 0 saturated carbocycles. The molecule has 0 aliphatic carbocycles. The molecule has 0 radical (unpaired) electrons. The van der Waals surface area contributed by atoms with Crippen molar-refractivity contribution >= 4 is 5.91 Å². The minimum Gasteiger partial charge on any atom is -0.341 e. The predicted octanol–water partition coefficient (Wildman–Crippen LogP) is 3.20. The minimum absolute atomic E-state index is 0.0853. The Kier molecular flexibility index (Phi) is 5.08. The van der Waals surface area contributed by atoms with Gasteiger partial charge in [0.1, 0.15) is 0 Å². The van der Waals surface area contributed by atoms with Crippen LogP contribution in [0.15, 0.2) is 42.7 Å². The minimum atomic E-state index is -4.43. The Morgan fingerprint density at radius 2 is 2.00 bits per heavy atom. The van der Waals surface area contributed by atoms with Crippen molar-refractivity contribution in [2.45, 2.75) is 26.2 Å². The molecule has 2 aromatic rings. The number of amides is 1. The van der Waals surface area contributed by atoms with Gasteiger partial charge in [-0.05, 0) is 17.7 Å². The summed E-state index contributed by atoms with van der Waals surface area (Å²) in [5.74, 6) is -0.601. The van der Waals surface area contributed by atoms with Gasteiger partial charge in [-0.15, -0.1) is 0 Å². The lowest BCUT2D eigenvalue weighted by atomic mass is 10.1. The molecular weight excluding hydrogens is 307 g/mol. The van der Waals surface area contributed by atoms with Crippen LogP contribution in [0, 0.1) is 5.92 Å². The molecular formula is C16H18F3N3O. The summed E-state index contributed by atoms with van der Waals surface area (Å²) in [4.78, 5) is 13.7. The molecule has 0 aliphatic rings. The lowest BCUT2D eigenvalue weighted by molar-refractivity contribution is -0.140. The van der Waals surface area contributed by atoms with Crippen LogP contribution in [0.2, 0.25) is 0 Å². The van der Waals surface area contributed by atoms with E-state index in [1.807, 2.05) is 0 Å². The first kappa shape index (κ1) is 17.1. The first-order valence-electron chi connectivity index (χ1n) is 7.16. The van der Waals surface area contributed by atoms with E-state index in [-0.39, 0.29) is 23.9 Å². The first-order valence-corrected chi connectivity index (χ1v) is 7.16. The third-order valence-electron chi connectivity index (χ3n) is 3.55. The molecule has 1 aromatic carbocycles. The number of benzene rings is 1. The van der Waals surface area contributed by atoms with Gasteiger partial charge in [-0.3, -0.25) is 9.48 Å². The fourth-order valence-corrected chi connectivity index (χ4v) is 2.41. The van der Waals surface area contributed by atoms with Gasteiger partial charge in [0.15, 0.2) is 0 Å². The molecule has 2 rings (SSSR count). The number of carbonyl (C=O) groups is 1. The Balaban J connectivity index is 2.07. The Bertz CT molecular complexity index is 653. The highest BCUT2D eigenvalue weighted by Gasteiger charge is 2.33. The zero-order chi connectivity index (χ0) is 17.0. The zero-order valence-corrected chi connectivity index (χ0v) is 12.9. The number of hydrogen-bond acceptors (Lipinski definition) is 2. The molecule has 1 atom stereocenters. The molecule has 0 bridgehead atoms. The summed E-state index contributed by atoms with van der Waals surface area (Å²) in [5, 5.41) is 4.03. The highest BCUT2D eigenvalue weighted by atomic mass is 19.4. The molecule has 0 fully saturated rings. The maximum atomic E-state index is 13.0. The first-order chi connectivity index (χ1) is 10.8. The van der Waals surface area contributed by atoms with Gasteiger partial charge in [-0.1, -0.05) is 25.1 Å². The Labute approximate surface area is 132 Å². The van der Waals surface area contributed by atoms with E-state index < -0.39 is 11.7 Å². The van der Waals surface area contributed by atoms with Crippen molar-refractivity contribution in [3.05, 3.63) is 53.9 Å². The van der Waals surface area contributed by atoms with Crippen molar-refractivity contribution in [2.75, 3.05) is 7.05 Å². The van der Waals surface area contributed by atoms with Crippen LogP contribution in [0.25, 0.3) is 0 Å². The molecule has 23 heavy (non-hydrogen) atoms. The number of aromatic nitrogens is 2. The van der Waals surface area contributed by atoms with E-state index in [1.54, 1.807) is 30.1 Å². The Morgan fingerprint density at radius 1 is 1.30 bits per heavy atom. The van der Waals surface area contributed by atoms with Crippen LogP contribution in [-0.4, -0.2) is 27.6 Å². The molecule has 0 aliphatic heterocycles. The van der Waals surface area contributed by atoms with E-state index >= 15 is 0 Å². The molecule has 1 unspecified atom stereocenters. The summed E-state index contributed by atoms with van der Waals surface area (Å²) in [6.45, 7) is 2.03. The van der Waals surface area contributed by atoms with Gasteiger partial charge in [0.05, 0.1) is 18.0 Å². The van der Waals surface area contributed by atoms with Crippen LogP contribution in [0.5, 0.6) is 0 Å². The van der Waals surface area contributed by atoms with Gasteiger partial charge in [0.25, 0.3) is 0 Å². The molecule has 1 amide bonds. The van der Waals surface area contributed by atoms with Crippen molar-refractivity contribution in [3.8, 4) is 0 Å². The normalized spacial score (nSPS) is 12.9. The molecule has 1 aromatic heterocycles. The van der Waals surface area contributed by atoms with Gasteiger partial charge >= 0.3 is 6.18 Å². The number of halogens is 3. The summed E-state index contributed by atoms with van der Waals surface area (Å²) in [7, 11) is 1.51. The van der Waals surface area contributed by atoms with Crippen LogP contribution in [0.4, 0.5) is 13.2 Å². The van der Waals surface area contributed by atoms with Crippen molar-refractivity contribution in [1.29, 1.82) is 0 Å². The summed E-state index contributed by atoms with van der Waals surface area (Å²) < 4.78 is 40.6. The Morgan fingerprint density at radius 3 is 2.61 bits per heavy atom. The van der Waals surface area contributed by atoms with Gasteiger partial charge in [-0.25, -0.2) is 0 Å². The molecule has 0 N–H and O–H groups in total. The summed E-state index contributed by atoms with van der Waals surface area (Å²) in [6, 6.07) is 7.05. The second kappa shape index (κ2) is 6.85. The number of nitrogens with zero attached hydrogens (tertiary/aromatic N) is 3. The number of carbonyl (C=O) groups excluding carboxylic acids is 1. The van der Waals surface area contributed by atoms with Crippen molar-refractivity contribution < 1.29 is 18.0 Å². The second-order valence-corrected chi connectivity index (χ2v) is 5.48. The van der Waals surface area contributed by atoms with Crippen LogP contribution in [0.1, 0.15) is 18.1 Å². The average Bonchev–Trinajstić information content (AvgIpc) is 2.98. The van der Waals surface area contributed by atoms with E-state index in [2.05, 4.69) is 5.10 Å². The van der Waals surface area contributed by atoms with Gasteiger partial charge < -0.3 is 4.90 Å². The summed E-state index contributed by atoms with van der Waals surface area (Å²) >= 11 is 0. The third-order valence-corrected chi connectivity index (χ3v) is 3.55. The lowest BCUT2D eigenvalue weighted by Crippen LogP contribution is -2.33. The lowest BCUT2D eigenvalue weighted by Gasteiger charge is -2.23. The SMILES string of the molecule is CC(Cn1cccn1)C(=O)N(C)Cc1ccccc1C(F)(F)F. The quantitative estimate of drug-likeness (QED) is 0.847. The monoisotopic (exact) mass is 325 g/mol. The number of alkyl halides is 3. The smallest absolute Gasteiger partial charge is 0.341 e. The maximum Gasteiger partial charge on any atom is 0.416 e. The maximum absolute atomic E-state index is 13.0. The molecule has 4 nitrogen and oxygen atoms in total. The van der Waals surface area contributed by atoms with E-state index in [4.69, 9.17) is 0 Å². The molecule has 7 heteroatoms. The Hall–Kier alpha value is -2.31. The van der Waals surface area contributed by atoms with Crippen molar-refractivity contribution in [1.82, 2.24) is 14.7 Å². The predicted molar refractivity (Wildman–Crippen MR) is 79.3 cm³/mol. The molecule has 124 valence electrons. The number of hydrogen-bond donors (Lipinski definition) is 0. The van der Waals surface area contributed by atoms with Crippen molar-refractivity contribution in [3.63, 3.8) is 0 Å². The fraction of sp³-hybridized carbons (Fsp3) is 0.375. The standard InChI is InChI=1S/C16H18F3N3O/c1-12(10-22-9-5-8-20-22)15(23)21(2)11-13-6-3-4-7-14(13)16(17,18)19/h3-9,12H,10-11H2,1-2H3. The highest BCUT2D eigenvalue weighted by Crippen LogP contribution is 2.32. The highest BCUT2D eigenvalue weighted by molar-refractivity contribution is 5.78. The van der Waals surface area contributed by atoms with Crippen LogP contribution < -0.4 is 0 Å². The van der Waals surface area contributed by atoms with Crippen LogP contribution in [-0.2, 0) is 24.1 Å². The van der Waals surface area contributed by atoms with E-state index in [1.165, 1.54) is 30.1 Å². The zero-order valence-electron chi connectivity index (χ0n) is 12.9. The van der Waals surface area contributed by atoms with Gasteiger partial charge in [0.2, 0.25) is 5.91 Å².